The average Bonchev–Trinajstić information content (AvgIpc) is 2.23. The Morgan fingerprint density at radius 3 is 2.65 bits per heavy atom. The van der Waals surface area contributed by atoms with Gasteiger partial charge in [-0.05, 0) is 30.6 Å². The minimum absolute atomic E-state index is 0.0427. The van der Waals surface area contributed by atoms with Gasteiger partial charge in [-0.3, -0.25) is 4.79 Å². The topological polar surface area (TPSA) is 61.1 Å². The number of Topliss-reactive ketones (excluding diaryl/α,β-unsaturated/α-hetero) is 1. The summed E-state index contributed by atoms with van der Waals surface area (Å²) >= 11 is 0. The summed E-state index contributed by atoms with van der Waals surface area (Å²) < 4.78 is 0. The third kappa shape index (κ3) is 1.71. The molecule has 2 aliphatic rings. The lowest BCUT2D eigenvalue weighted by atomic mass is 9.52. The Labute approximate surface area is 102 Å². The lowest BCUT2D eigenvalue weighted by molar-refractivity contribution is -0.132. The molecule has 0 heterocycles. The summed E-state index contributed by atoms with van der Waals surface area (Å²) in [7, 11) is 0. The van der Waals surface area contributed by atoms with E-state index < -0.39 is 5.41 Å². The zero-order chi connectivity index (χ0) is 12.8. The summed E-state index contributed by atoms with van der Waals surface area (Å²) in [5, 5.41) is 18.9. The molecule has 0 radical (unpaired) electrons. The van der Waals surface area contributed by atoms with Crippen LogP contribution in [0.1, 0.15) is 40.0 Å². The fourth-order valence-electron chi connectivity index (χ4n) is 3.77. The highest BCUT2D eigenvalue weighted by atomic mass is 16.3. The summed E-state index contributed by atoms with van der Waals surface area (Å²) in [5.74, 6) is 0.182. The van der Waals surface area contributed by atoms with E-state index >= 15 is 0 Å². The molecule has 17 heavy (non-hydrogen) atoms. The smallest absolute Gasteiger partial charge is 0.178 e. The van der Waals surface area contributed by atoms with Crippen LogP contribution in [0, 0.1) is 28.1 Å². The van der Waals surface area contributed by atoms with E-state index in [1.54, 1.807) is 6.08 Å². The van der Waals surface area contributed by atoms with Gasteiger partial charge in [-0.2, -0.15) is 5.26 Å². The second-order valence-corrected chi connectivity index (χ2v) is 6.21. The zero-order valence-corrected chi connectivity index (χ0v) is 10.7. The number of rotatable bonds is 0. The summed E-state index contributed by atoms with van der Waals surface area (Å²) in [4.78, 5) is 12.2. The van der Waals surface area contributed by atoms with Crippen LogP contribution in [-0.4, -0.2) is 17.0 Å². The molecule has 2 aliphatic carbocycles. The number of ketones is 1. The van der Waals surface area contributed by atoms with E-state index in [0.717, 1.165) is 12.8 Å². The molecule has 0 aromatic rings. The third-order valence-corrected chi connectivity index (χ3v) is 4.56. The highest BCUT2D eigenvalue weighted by molar-refractivity contribution is 6.04. The van der Waals surface area contributed by atoms with Crippen molar-refractivity contribution in [3.05, 3.63) is 11.6 Å². The second-order valence-electron chi connectivity index (χ2n) is 6.21. The molecule has 0 aromatic carbocycles. The van der Waals surface area contributed by atoms with Gasteiger partial charge in [0.05, 0.1) is 11.7 Å². The first-order valence-corrected chi connectivity index (χ1v) is 6.17. The van der Waals surface area contributed by atoms with Crippen molar-refractivity contribution >= 4 is 5.78 Å². The quantitative estimate of drug-likeness (QED) is 0.697. The number of nitriles is 1. The largest absolute Gasteiger partial charge is 0.393 e. The van der Waals surface area contributed by atoms with Gasteiger partial charge in [-0.1, -0.05) is 26.8 Å². The number of carbonyl (C=O) groups is 1. The van der Waals surface area contributed by atoms with Gasteiger partial charge < -0.3 is 5.11 Å². The Morgan fingerprint density at radius 1 is 1.41 bits per heavy atom. The first kappa shape index (κ1) is 12.3. The van der Waals surface area contributed by atoms with Crippen LogP contribution in [0.15, 0.2) is 11.6 Å². The summed E-state index contributed by atoms with van der Waals surface area (Å²) in [6.45, 7) is 5.92. The Kier molecular flexibility index (Phi) is 2.67. The van der Waals surface area contributed by atoms with Gasteiger partial charge in [0.1, 0.15) is 6.07 Å². The number of aliphatic hydroxyl groups excluding tert-OH is 1. The zero-order valence-electron chi connectivity index (χ0n) is 10.7. The van der Waals surface area contributed by atoms with Crippen LogP contribution in [0.5, 0.6) is 0 Å². The van der Waals surface area contributed by atoms with Crippen LogP contribution in [0.4, 0.5) is 0 Å². The Morgan fingerprint density at radius 2 is 2.06 bits per heavy atom. The molecule has 0 unspecified atom stereocenters. The highest BCUT2D eigenvalue weighted by Gasteiger charge is 2.53. The Bertz CT molecular complexity index is 430. The molecule has 1 saturated carbocycles. The molecule has 3 nitrogen and oxygen atoms in total. The number of fused-ring (bicyclic) bond motifs is 1. The molecule has 0 amide bonds. The molecule has 1 fully saturated rings. The molecule has 3 atom stereocenters. The van der Waals surface area contributed by atoms with Gasteiger partial charge in [0.2, 0.25) is 0 Å². The van der Waals surface area contributed by atoms with Crippen LogP contribution >= 0.6 is 0 Å². The standard InChI is InChI=1S/C14H19NO2/c1-13(2)11-5-4-10(16)7-14(11,3)6-9(8-15)12(13)17/h6,10-11,16H,4-5,7H2,1-3H3/t10-,11-,14+/m0/s1. The van der Waals surface area contributed by atoms with Crippen molar-refractivity contribution in [2.45, 2.75) is 46.1 Å². The van der Waals surface area contributed by atoms with Crippen LogP contribution < -0.4 is 0 Å². The minimum atomic E-state index is -0.491. The van der Waals surface area contributed by atoms with Crippen molar-refractivity contribution in [2.24, 2.45) is 16.7 Å². The van der Waals surface area contributed by atoms with Crippen molar-refractivity contribution in [2.75, 3.05) is 0 Å². The molecule has 0 aromatic heterocycles. The molecular weight excluding hydrogens is 214 g/mol. The fourth-order valence-corrected chi connectivity index (χ4v) is 3.77. The van der Waals surface area contributed by atoms with Crippen LogP contribution in [-0.2, 0) is 4.79 Å². The summed E-state index contributed by atoms with van der Waals surface area (Å²) in [5.41, 5.74) is -0.447. The van der Waals surface area contributed by atoms with Gasteiger partial charge in [0, 0.05) is 5.41 Å². The molecule has 3 heteroatoms. The maximum absolute atomic E-state index is 12.2. The van der Waals surface area contributed by atoms with Crippen molar-refractivity contribution in [1.82, 2.24) is 0 Å². The second kappa shape index (κ2) is 3.68. The van der Waals surface area contributed by atoms with Crippen molar-refractivity contribution in [3.63, 3.8) is 0 Å². The molecule has 0 bridgehead atoms. The van der Waals surface area contributed by atoms with Gasteiger partial charge in [-0.25, -0.2) is 0 Å². The summed E-state index contributed by atoms with van der Waals surface area (Å²) in [6.07, 6.45) is 3.75. The highest BCUT2D eigenvalue weighted by Crippen LogP contribution is 2.54. The minimum Gasteiger partial charge on any atom is -0.393 e. The van der Waals surface area contributed by atoms with E-state index in [9.17, 15) is 9.90 Å². The number of allylic oxidation sites excluding steroid dienone is 2. The Balaban J connectivity index is 2.51. The van der Waals surface area contributed by atoms with E-state index in [0.29, 0.717) is 6.42 Å². The third-order valence-electron chi connectivity index (χ3n) is 4.56. The Hall–Kier alpha value is -1.14. The molecular formula is C14H19NO2. The van der Waals surface area contributed by atoms with Gasteiger partial charge in [-0.15, -0.1) is 0 Å². The normalized spacial score (nSPS) is 40.2. The first-order valence-electron chi connectivity index (χ1n) is 6.17. The first-order chi connectivity index (χ1) is 7.81. The average molecular weight is 233 g/mol. The monoisotopic (exact) mass is 233 g/mol. The van der Waals surface area contributed by atoms with E-state index in [2.05, 4.69) is 6.92 Å². The molecule has 0 spiro atoms. The maximum Gasteiger partial charge on any atom is 0.178 e. The van der Waals surface area contributed by atoms with E-state index in [1.807, 2.05) is 19.9 Å². The van der Waals surface area contributed by atoms with Crippen LogP contribution in [0.3, 0.4) is 0 Å². The predicted octanol–water partition coefficient (Wildman–Crippen LogP) is 2.21. The van der Waals surface area contributed by atoms with Gasteiger partial charge in [0.15, 0.2) is 5.78 Å². The lowest BCUT2D eigenvalue weighted by Crippen LogP contribution is -2.50. The SMILES string of the molecule is CC1(C)C(=O)C(C#N)=C[C@]2(C)C[C@@H](O)CC[C@@H]12. The van der Waals surface area contributed by atoms with Crippen molar-refractivity contribution < 1.29 is 9.90 Å². The maximum atomic E-state index is 12.2. The van der Waals surface area contributed by atoms with E-state index in [4.69, 9.17) is 5.26 Å². The summed E-state index contributed by atoms with van der Waals surface area (Å²) in [6, 6.07) is 2.01. The fraction of sp³-hybridized carbons (Fsp3) is 0.714. The number of aliphatic hydroxyl groups is 1. The molecule has 0 saturated heterocycles. The molecule has 0 aliphatic heterocycles. The van der Waals surface area contributed by atoms with Gasteiger partial charge >= 0.3 is 0 Å². The number of hydrogen-bond donors (Lipinski definition) is 1. The van der Waals surface area contributed by atoms with Crippen LogP contribution in [0.25, 0.3) is 0 Å². The molecule has 1 N–H and O–H groups in total. The van der Waals surface area contributed by atoms with E-state index in [1.165, 1.54) is 0 Å². The van der Waals surface area contributed by atoms with Crippen molar-refractivity contribution in [3.8, 4) is 6.07 Å². The van der Waals surface area contributed by atoms with Crippen molar-refractivity contribution in [1.29, 1.82) is 5.26 Å². The predicted molar refractivity (Wildman–Crippen MR) is 63.9 cm³/mol. The van der Waals surface area contributed by atoms with Crippen LogP contribution in [0.2, 0.25) is 0 Å². The molecule has 92 valence electrons. The number of nitrogens with zero attached hydrogens (tertiary/aromatic N) is 1. The van der Waals surface area contributed by atoms with E-state index in [-0.39, 0.29) is 28.8 Å². The number of carbonyl (C=O) groups excluding carboxylic acids is 1. The number of hydrogen-bond acceptors (Lipinski definition) is 3. The molecule has 2 rings (SSSR count). The van der Waals surface area contributed by atoms with Gasteiger partial charge in [0.25, 0.3) is 0 Å². The lowest BCUT2D eigenvalue weighted by Gasteiger charge is -2.51.